The van der Waals surface area contributed by atoms with Crippen molar-refractivity contribution in [1.29, 1.82) is 0 Å². The van der Waals surface area contributed by atoms with E-state index in [1.807, 2.05) is 12.4 Å². The number of aryl methyl sites for hydroxylation is 3. The lowest BCUT2D eigenvalue weighted by atomic mass is 9.91. The second-order valence-corrected chi connectivity index (χ2v) is 14.3. The molecule has 5 rings (SSSR count). The summed E-state index contributed by atoms with van der Waals surface area (Å²) in [5.74, 6) is -1.64. The number of hydrogen-bond donors (Lipinski definition) is 1. The number of carbonyl (C=O) groups is 2. The first kappa shape index (κ1) is 41.8. The van der Waals surface area contributed by atoms with Gasteiger partial charge in [-0.1, -0.05) is 114 Å². The number of carbonyl (C=O) groups excluding carboxylic acids is 1. The number of aromatic carboxylic acids is 1. The lowest BCUT2D eigenvalue weighted by molar-refractivity contribution is 0.0582. The van der Waals surface area contributed by atoms with Crippen LogP contribution in [0, 0.1) is 6.92 Å². The van der Waals surface area contributed by atoms with Gasteiger partial charge in [-0.05, 0) is 104 Å². The summed E-state index contributed by atoms with van der Waals surface area (Å²) < 4.78 is 4.83. The number of unbranched alkanes of at least 4 members (excludes halogenated alkanes) is 10. The van der Waals surface area contributed by atoms with E-state index in [1.165, 1.54) is 87.4 Å². The fourth-order valence-corrected chi connectivity index (χ4v) is 7.09. The fraction of sp³-hybridized carbons (Fsp3) is 0.426. The van der Waals surface area contributed by atoms with E-state index in [0.29, 0.717) is 0 Å². The van der Waals surface area contributed by atoms with Gasteiger partial charge >= 0.3 is 11.9 Å². The molecule has 1 aliphatic heterocycles. The SMILES string of the molecule is CCCCCCCCc1cc(C(=O)O)c(C(=O)OC)cc1CCCCCCCC.Cc1ccc(N2C=CCN(c3ccccc3)C2c2ccncc2)cc1. The molecule has 0 bridgehead atoms. The molecule has 0 saturated carbocycles. The van der Waals surface area contributed by atoms with Crippen molar-refractivity contribution in [3.8, 4) is 0 Å². The molecule has 0 amide bonds. The molecule has 2 heterocycles. The Bertz CT molecular complexity index is 1720. The average molecular weight is 732 g/mol. The van der Waals surface area contributed by atoms with Crippen LogP contribution in [-0.4, -0.2) is 35.7 Å². The van der Waals surface area contributed by atoms with Gasteiger partial charge in [-0.3, -0.25) is 4.98 Å². The van der Waals surface area contributed by atoms with Crippen LogP contribution in [0.1, 0.15) is 140 Å². The number of aromatic nitrogens is 1. The largest absolute Gasteiger partial charge is 0.478 e. The lowest BCUT2D eigenvalue weighted by Crippen LogP contribution is -2.42. The summed E-state index contributed by atoms with van der Waals surface area (Å²) in [6, 6.07) is 26.9. The van der Waals surface area contributed by atoms with Gasteiger partial charge in [-0.25, -0.2) is 9.59 Å². The number of ether oxygens (including phenoxy) is 1. The van der Waals surface area contributed by atoms with Crippen LogP contribution < -0.4 is 9.80 Å². The summed E-state index contributed by atoms with van der Waals surface area (Å²) in [5.41, 5.74) is 7.32. The molecule has 0 aliphatic carbocycles. The Kier molecular flexibility index (Phi) is 17.8. The number of pyridine rings is 1. The van der Waals surface area contributed by atoms with Gasteiger partial charge in [0.25, 0.3) is 0 Å². The van der Waals surface area contributed by atoms with Crippen molar-refractivity contribution in [2.45, 2.75) is 117 Å². The third kappa shape index (κ3) is 12.6. The standard InChI is InChI=1S/C25H40O4.C22H21N3/c1-4-6-8-10-12-14-16-20-18-22(24(26)27)23(25(28)29-3)19-21(20)17-15-13-11-9-7-5-2;1-18-8-10-21(11-9-18)25-17-5-16-24(20-6-3-2-4-7-20)22(25)19-12-14-23-15-13-19/h18-19H,4-17H2,1-3H3,(H,26,27);2-15,17,22H,16H2,1H3. The van der Waals surface area contributed by atoms with Crippen LogP contribution in [-0.2, 0) is 17.6 Å². The molecule has 0 fully saturated rings. The molecule has 1 aliphatic rings. The predicted octanol–water partition coefficient (Wildman–Crippen LogP) is 11.9. The van der Waals surface area contributed by atoms with Crippen molar-refractivity contribution < 1.29 is 19.4 Å². The molecule has 7 nitrogen and oxygen atoms in total. The highest BCUT2D eigenvalue weighted by molar-refractivity contribution is 6.02. The quantitative estimate of drug-likeness (QED) is 0.0759. The van der Waals surface area contributed by atoms with Crippen molar-refractivity contribution in [3.05, 3.63) is 137 Å². The van der Waals surface area contributed by atoms with E-state index in [9.17, 15) is 14.7 Å². The van der Waals surface area contributed by atoms with Gasteiger partial charge in [0.1, 0.15) is 6.17 Å². The Morgan fingerprint density at radius 1 is 0.722 bits per heavy atom. The van der Waals surface area contributed by atoms with Gasteiger partial charge < -0.3 is 19.6 Å². The van der Waals surface area contributed by atoms with Crippen molar-refractivity contribution in [1.82, 2.24) is 4.98 Å². The molecule has 1 aromatic heterocycles. The molecule has 54 heavy (non-hydrogen) atoms. The number of benzene rings is 3. The summed E-state index contributed by atoms with van der Waals surface area (Å²) in [6.45, 7) is 7.42. The number of rotatable bonds is 19. The zero-order valence-corrected chi connectivity index (χ0v) is 33.0. The average Bonchev–Trinajstić information content (AvgIpc) is 3.21. The molecule has 0 spiro atoms. The number of anilines is 2. The molecule has 4 aromatic rings. The zero-order chi connectivity index (χ0) is 38.5. The molecule has 0 saturated heterocycles. The van der Waals surface area contributed by atoms with Gasteiger partial charge in [-0.15, -0.1) is 0 Å². The highest BCUT2D eigenvalue weighted by Crippen LogP contribution is 2.36. The van der Waals surface area contributed by atoms with Gasteiger partial charge in [0.2, 0.25) is 0 Å². The van der Waals surface area contributed by atoms with E-state index in [4.69, 9.17) is 4.74 Å². The van der Waals surface area contributed by atoms with Gasteiger partial charge in [0, 0.05) is 36.5 Å². The number of methoxy groups -OCH3 is 1. The number of para-hydroxylation sites is 1. The molecular formula is C47H61N3O4. The monoisotopic (exact) mass is 731 g/mol. The molecule has 1 atom stereocenters. The maximum absolute atomic E-state index is 12.1. The zero-order valence-electron chi connectivity index (χ0n) is 33.0. The van der Waals surface area contributed by atoms with Gasteiger partial charge in [0.15, 0.2) is 0 Å². The van der Waals surface area contributed by atoms with Crippen LogP contribution in [0.25, 0.3) is 0 Å². The van der Waals surface area contributed by atoms with E-state index in [0.717, 1.165) is 49.8 Å². The number of hydrogen-bond acceptors (Lipinski definition) is 6. The van der Waals surface area contributed by atoms with E-state index in [-0.39, 0.29) is 17.3 Å². The van der Waals surface area contributed by atoms with Crippen LogP contribution in [0.2, 0.25) is 0 Å². The summed E-state index contributed by atoms with van der Waals surface area (Å²) in [5, 5.41) is 9.58. The van der Waals surface area contributed by atoms with E-state index >= 15 is 0 Å². The highest BCUT2D eigenvalue weighted by Gasteiger charge is 2.29. The van der Waals surface area contributed by atoms with Crippen LogP contribution in [0.5, 0.6) is 0 Å². The summed E-state index contributed by atoms with van der Waals surface area (Å²) in [6.07, 6.45) is 24.5. The maximum Gasteiger partial charge on any atom is 0.338 e. The Morgan fingerprint density at radius 3 is 1.83 bits per heavy atom. The van der Waals surface area contributed by atoms with Crippen molar-refractivity contribution in [3.63, 3.8) is 0 Å². The lowest BCUT2D eigenvalue weighted by Gasteiger charge is -2.43. The van der Waals surface area contributed by atoms with Crippen LogP contribution in [0.15, 0.2) is 104 Å². The molecule has 3 aromatic carbocycles. The molecule has 1 unspecified atom stereocenters. The maximum atomic E-state index is 12.1. The predicted molar refractivity (Wildman–Crippen MR) is 222 cm³/mol. The van der Waals surface area contributed by atoms with E-state index < -0.39 is 11.9 Å². The Hall–Kier alpha value is -4.91. The number of carboxylic acids is 1. The van der Waals surface area contributed by atoms with Crippen LogP contribution in [0.3, 0.4) is 0 Å². The number of esters is 1. The second-order valence-electron chi connectivity index (χ2n) is 14.3. The smallest absolute Gasteiger partial charge is 0.338 e. The Balaban J connectivity index is 0.000000242. The molecule has 288 valence electrons. The highest BCUT2D eigenvalue weighted by atomic mass is 16.5. The Morgan fingerprint density at radius 2 is 1.28 bits per heavy atom. The first-order valence-electron chi connectivity index (χ1n) is 20.1. The third-order valence-corrected chi connectivity index (χ3v) is 10.1. The third-order valence-electron chi connectivity index (χ3n) is 10.1. The fourth-order valence-electron chi connectivity index (χ4n) is 7.09. The molecule has 0 radical (unpaired) electrons. The summed E-state index contributed by atoms with van der Waals surface area (Å²) in [4.78, 5) is 32.8. The summed E-state index contributed by atoms with van der Waals surface area (Å²) in [7, 11) is 1.30. The normalized spacial score (nSPS) is 13.7. The van der Waals surface area contributed by atoms with E-state index in [2.05, 4.69) is 115 Å². The van der Waals surface area contributed by atoms with Crippen LogP contribution in [0.4, 0.5) is 11.4 Å². The van der Waals surface area contributed by atoms with E-state index in [1.54, 1.807) is 12.1 Å². The minimum atomic E-state index is -1.07. The second kappa shape index (κ2) is 23.0. The topological polar surface area (TPSA) is 83.0 Å². The minimum Gasteiger partial charge on any atom is -0.478 e. The number of carboxylic acid groups (broad SMARTS) is 1. The van der Waals surface area contributed by atoms with Gasteiger partial charge in [-0.2, -0.15) is 0 Å². The Labute approximate surface area is 324 Å². The van der Waals surface area contributed by atoms with Gasteiger partial charge in [0.05, 0.1) is 18.2 Å². The first-order valence-corrected chi connectivity index (χ1v) is 20.1. The molecule has 1 N–H and O–H groups in total. The van der Waals surface area contributed by atoms with Crippen molar-refractivity contribution >= 4 is 23.3 Å². The van der Waals surface area contributed by atoms with Crippen molar-refractivity contribution in [2.75, 3.05) is 23.5 Å². The number of nitrogens with zero attached hydrogens (tertiary/aromatic N) is 3. The summed E-state index contributed by atoms with van der Waals surface area (Å²) >= 11 is 0. The van der Waals surface area contributed by atoms with Crippen LogP contribution >= 0.6 is 0 Å². The first-order chi connectivity index (χ1) is 26.4. The van der Waals surface area contributed by atoms with Crippen molar-refractivity contribution in [2.24, 2.45) is 0 Å². The minimum absolute atomic E-state index is 0.0597. The molecule has 7 heteroatoms. The molecular weight excluding hydrogens is 671 g/mol.